The molecule has 8 heteroatoms. The number of halogens is 3. The first kappa shape index (κ1) is 18.5. The van der Waals surface area contributed by atoms with Crippen molar-refractivity contribution >= 4 is 46.7 Å². The van der Waals surface area contributed by atoms with E-state index >= 15 is 0 Å². The fourth-order valence-electron chi connectivity index (χ4n) is 1.96. The minimum absolute atomic E-state index is 0.0178. The number of carbonyl (C=O) groups excluding carboxylic acids is 2. The lowest BCUT2D eigenvalue weighted by molar-refractivity contribution is -0.124. The molecule has 1 aromatic carbocycles. The molecule has 0 saturated heterocycles. The van der Waals surface area contributed by atoms with E-state index in [1.54, 1.807) is 31.2 Å². The predicted octanol–water partition coefficient (Wildman–Crippen LogP) is 4.08. The van der Waals surface area contributed by atoms with E-state index in [0.29, 0.717) is 15.6 Å². The fraction of sp³-hybridized carbons (Fsp3) is 0.188. The van der Waals surface area contributed by atoms with Crippen LogP contribution < -0.4 is 5.32 Å². The van der Waals surface area contributed by atoms with Crippen LogP contribution >= 0.6 is 34.8 Å². The molecule has 0 radical (unpaired) electrons. The number of pyridine rings is 1. The van der Waals surface area contributed by atoms with Gasteiger partial charge in [-0.05, 0) is 36.8 Å². The Hall–Kier alpha value is -1.82. The molecule has 2 aromatic rings. The molecule has 0 saturated carbocycles. The highest BCUT2D eigenvalue weighted by molar-refractivity contribution is 6.35. The van der Waals surface area contributed by atoms with Crippen LogP contribution in [0.5, 0.6) is 0 Å². The van der Waals surface area contributed by atoms with Gasteiger partial charge in [0, 0.05) is 16.2 Å². The van der Waals surface area contributed by atoms with E-state index in [2.05, 4.69) is 10.3 Å². The van der Waals surface area contributed by atoms with Crippen LogP contribution in [0.15, 0.2) is 36.5 Å². The van der Waals surface area contributed by atoms with Crippen LogP contribution in [0.2, 0.25) is 15.2 Å². The average molecular weight is 388 g/mol. The summed E-state index contributed by atoms with van der Waals surface area (Å²) in [6.45, 7) is 1.31. The van der Waals surface area contributed by atoms with Crippen LogP contribution in [0.4, 0.5) is 0 Å². The van der Waals surface area contributed by atoms with E-state index < -0.39 is 18.5 Å². The quantitative estimate of drug-likeness (QED) is 0.620. The second-order valence-corrected chi connectivity index (χ2v) is 6.07. The first-order valence-corrected chi connectivity index (χ1v) is 8.04. The monoisotopic (exact) mass is 386 g/mol. The zero-order valence-corrected chi connectivity index (χ0v) is 14.8. The molecule has 1 atom stereocenters. The summed E-state index contributed by atoms with van der Waals surface area (Å²) in [7, 11) is 0. The van der Waals surface area contributed by atoms with E-state index in [0.717, 1.165) is 0 Å². The van der Waals surface area contributed by atoms with Gasteiger partial charge in [0.2, 0.25) is 0 Å². The van der Waals surface area contributed by atoms with Crippen molar-refractivity contribution in [2.45, 2.75) is 13.0 Å². The lowest BCUT2D eigenvalue weighted by Gasteiger charge is -2.16. The van der Waals surface area contributed by atoms with Gasteiger partial charge in [-0.3, -0.25) is 4.79 Å². The van der Waals surface area contributed by atoms with E-state index in [4.69, 9.17) is 39.5 Å². The Kier molecular flexibility index (Phi) is 6.43. The first-order valence-electron chi connectivity index (χ1n) is 6.90. The number of aromatic nitrogens is 1. The second-order valence-electron chi connectivity index (χ2n) is 4.87. The summed E-state index contributed by atoms with van der Waals surface area (Å²) in [4.78, 5) is 27.5. The number of esters is 1. The summed E-state index contributed by atoms with van der Waals surface area (Å²) < 4.78 is 4.93. The Labute approximate surface area is 153 Å². The highest BCUT2D eigenvalue weighted by atomic mass is 35.5. The van der Waals surface area contributed by atoms with Crippen molar-refractivity contribution < 1.29 is 14.3 Å². The molecular weight excluding hydrogens is 375 g/mol. The van der Waals surface area contributed by atoms with E-state index in [-0.39, 0.29) is 16.8 Å². The smallest absolute Gasteiger partial charge is 0.341 e. The van der Waals surface area contributed by atoms with Crippen molar-refractivity contribution in [1.82, 2.24) is 10.3 Å². The summed E-state index contributed by atoms with van der Waals surface area (Å²) in [5.74, 6) is -1.19. The third kappa shape index (κ3) is 4.84. The Morgan fingerprint density at radius 2 is 2.00 bits per heavy atom. The number of ether oxygens (including phenoxy) is 1. The van der Waals surface area contributed by atoms with E-state index in [1.807, 2.05) is 0 Å². The van der Waals surface area contributed by atoms with Crippen molar-refractivity contribution in [2.75, 3.05) is 6.61 Å². The van der Waals surface area contributed by atoms with Crippen LogP contribution in [0.3, 0.4) is 0 Å². The van der Waals surface area contributed by atoms with Gasteiger partial charge < -0.3 is 10.1 Å². The predicted molar refractivity (Wildman–Crippen MR) is 92.5 cm³/mol. The highest BCUT2D eigenvalue weighted by Gasteiger charge is 2.16. The van der Waals surface area contributed by atoms with Crippen molar-refractivity contribution in [3.8, 4) is 0 Å². The molecule has 126 valence electrons. The maximum Gasteiger partial charge on any atom is 0.341 e. The van der Waals surface area contributed by atoms with Gasteiger partial charge in [-0.2, -0.15) is 0 Å². The van der Waals surface area contributed by atoms with Gasteiger partial charge in [-0.25, -0.2) is 9.78 Å². The first-order chi connectivity index (χ1) is 11.4. The Morgan fingerprint density at radius 1 is 1.25 bits per heavy atom. The lowest BCUT2D eigenvalue weighted by Crippen LogP contribution is -2.31. The second kappa shape index (κ2) is 8.33. The summed E-state index contributed by atoms with van der Waals surface area (Å²) in [5.41, 5.74) is 0.803. The standard InChI is InChI=1S/C16H13Cl3N2O3/c1-9(11-5-4-10(17)7-13(11)18)21-14(22)8-24-16(23)12-3-2-6-20-15(12)19/h2-7,9H,8H2,1H3,(H,21,22). The number of hydrogen-bond donors (Lipinski definition) is 1. The number of nitrogens with one attached hydrogen (secondary N) is 1. The Bertz CT molecular complexity index is 768. The van der Waals surface area contributed by atoms with E-state index in [1.165, 1.54) is 12.3 Å². The third-order valence-electron chi connectivity index (χ3n) is 3.12. The largest absolute Gasteiger partial charge is 0.452 e. The molecule has 0 aliphatic carbocycles. The molecule has 1 heterocycles. The van der Waals surface area contributed by atoms with Crippen molar-refractivity contribution in [3.05, 3.63) is 62.9 Å². The minimum Gasteiger partial charge on any atom is -0.452 e. The van der Waals surface area contributed by atoms with E-state index in [9.17, 15) is 9.59 Å². The number of amides is 1. The molecular formula is C16H13Cl3N2O3. The van der Waals surface area contributed by atoms with Crippen LogP contribution in [-0.4, -0.2) is 23.5 Å². The molecule has 0 aliphatic rings. The maximum absolute atomic E-state index is 11.9. The van der Waals surface area contributed by atoms with Gasteiger partial charge in [0.1, 0.15) is 5.15 Å². The highest BCUT2D eigenvalue weighted by Crippen LogP contribution is 2.26. The van der Waals surface area contributed by atoms with Gasteiger partial charge >= 0.3 is 5.97 Å². The molecule has 1 N–H and O–H groups in total. The summed E-state index contributed by atoms with van der Waals surface area (Å²) in [6, 6.07) is 7.63. The molecule has 2 rings (SSSR count). The molecule has 0 aliphatic heterocycles. The lowest BCUT2D eigenvalue weighted by atomic mass is 10.1. The molecule has 0 spiro atoms. The SMILES string of the molecule is CC(NC(=O)COC(=O)c1cccnc1Cl)c1ccc(Cl)cc1Cl. The van der Waals surface area contributed by atoms with Gasteiger partial charge in [-0.15, -0.1) is 0 Å². The number of hydrogen-bond acceptors (Lipinski definition) is 4. The van der Waals surface area contributed by atoms with Crippen molar-refractivity contribution in [2.24, 2.45) is 0 Å². The fourth-order valence-corrected chi connectivity index (χ4v) is 2.73. The van der Waals surface area contributed by atoms with Crippen LogP contribution in [0.25, 0.3) is 0 Å². The molecule has 0 bridgehead atoms. The number of rotatable bonds is 5. The average Bonchev–Trinajstić information content (AvgIpc) is 2.52. The molecule has 5 nitrogen and oxygen atoms in total. The Morgan fingerprint density at radius 3 is 2.67 bits per heavy atom. The minimum atomic E-state index is -0.722. The molecule has 0 fully saturated rings. The number of benzene rings is 1. The van der Waals surface area contributed by atoms with Crippen LogP contribution in [0.1, 0.15) is 28.9 Å². The number of nitrogens with zero attached hydrogens (tertiary/aromatic N) is 1. The zero-order chi connectivity index (χ0) is 17.7. The molecule has 1 unspecified atom stereocenters. The van der Waals surface area contributed by atoms with Crippen molar-refractivity contribution in [1.29, 1.82) is 0 Å². The molecule has 1 aromatic heterocycles. The Balaban J connectivity index is 1.91. The summed E-state index contributed by atoms with van der Waals surface area (Å²) >= 11 is 17.7. The van der Waals surface area contributed by atoms with Gasteiger partial charge in [-0.1, -0.05) is 40.9 Å². The van der Waals surface area contributed by atoms with Crippen molar-refractivity contribution in [3.63, 3.8) is 0 Å². The molecule has 1 amide bonds. The maximum atomic E-state index is 11.9. The van der Waals surface area contributed by atoms with Gasteiger partial charge in [0.25, 0.3) is 5.91 Å². The van der Waals surface area contributed by atoms with Crippen LogP contribution in [-0.2, 0) is 9.53 Å². The normalized spacial score (nSPS) is 11.7. The van der Waals surface area contributed by atoms with Gasteiger partial charge in [0.15, 0.2) is 6.61 Å². The van der Waals surface area contributed by atoms with Gasteiger partial charge in [0.05, 0.1) is 11.6 Å². The zero-order valence-electron chi connectivity index (χ0n) is 12.6. The number of carbonyl (C=O) groups is 2. The van der Waals surface area contributed by atoms with Crippen LogP contribution in [0, 0.1) is 0 Å². The third-order valence-corrected chi connectivity index (χ3v) is 3.98. The summed E-state index contributed by atoms with van der Waals surface area (Å²) in [6.07, 6.45) is 1.45. The molecule has 24 heavy (non-hydrogen) atoms. The summed E-state index contributed by atoms with van der Waals surface area (Å²) in [5, 5.41) is 3.65. The topological polar surface area (TPSA) is 68.3 Å².